The van der Waals surface area contributed by atoms with Crippen LogP contribution < -0.4 is 4.74 Å². The number of Topliss-reactive ketones (excluding diaryl/α,β-unsaturated/α-hetero) is 1. The molecule has 1 aromatic heterocycles. The van der Waals surface area contributed by atoms with Gasteiger partial charge in [-0.15, -0.1) is 0 Å². The minimum absolute atomic E-state index is 0.0526. The fraction of sp³-hybridized carbons (Fsp3) is 0.192. The molecule has 1 saturated heterocycles. The molecule has 6 nitrogen and oxygen atoms in total. The van der Waals surface area contributed by atoms with Crippen LogP contribution in [0.5, 0.6) is 5.75 Å². The van der Waals surface area contributed by atoms with E-state index in [-0.39, 0.29) is 17.9 Å². The lowest BCUT2D eigenvalue weighted by atomic mass is 9.95. The molecule has 1 atom stereocenters. The molecule has 0 saturated carbocycles. The summed E-state index contributed by atoms with van der Waals surface area (Å²) >= 11 is 0. The van der Waals surface area contributed by atoms with Gasteiger partial charge < -0.3 is 14.7 Å². The fourth-order valence-corrected chi connectivity index (χ4v) is 3.83. The van der Waals surface area contributed by atoms with E-state index in [1.165, 1.54) is 29.2 Å². The first-order valence-electron chi connectivity index (χ1n) is 10.7. The first-order chi connectivity index (χ1) is 16.0. The van der Waals surface area contributed by atoms with Gasteiger partial charge in [0.1, 0.15) is 17.3 Å². The van der Waals surface area contributed by atoms with Gasteiger partial charge in [0.25, 0.3) is 11.7 Å². The number of halogens is 1. The Bertz CT molecular complexity index is 1190. The van der Waals surface area contributed by atoms with Crippen LogP contribution in [0.25, 0.3) is 5.76 Å². The van der Waals surface area contributed by atoms with Crippen molar-refractivity contribution < 1.29 is 23.8 Å². The van der Waals surface area contributed by atoms with E-state index in [9.17, 15) is 19.1 Å². The number of aliphatic hydroxyl groups excluding tert-OH is 1. The first-order valence-corrected chi connectivity index (χ1v) is 10.7. The van der Waals surface area contributed by atoms with Gasteiger partial charge in [-0.2, -0.15) is 0 Å². The lowest BCUT2D eigenvalue weighted by molar-refractivity contribution is -0.140. The van der Waals surface area contributed by atoms with Crippen LogP contribution in [0, 0.1) is 5.82 Å². The first kappa shape index (κ1) is 22.2. The van der Waals surface area contributed by atoms with Crippen LogP contribution in [-0.4, -0.2) is 33.3 Å². The molecule has 1 unspecified atom stereocenters. The van der Waals surface area contributed by atoms with E-state index >= 15 is 0 Å². The Balaban J connectivity index is 1.81. The molecule has 0 bridgehead atoms. The van der Waals surface area contributed by atoms with Crippen LogP contribution >= 0.6 is 0 Å². The maximum absolute atomic E-state index is 13.6. The Morgan fingerprint density at radius 1 is 1.12 bits per heavy atom. The van der Waals surface area contributed by atoms with Crippen molar-refractivity contribution in [2.45, 2.75) is 25.9 Å². The van der Waals surface area contributed by atoms with Crippen molar-refractivity contribution in [3.05, 3.63) is 101 Å². The molecule has 1 fully saturated rings. The van der Waals surface area contributed by atoms with Gasteiger partial charge in [0.15, 0.2) is 0 Å². The zero-order valence-corrected chi connectivity index (χ0v) is 18.1. The quantitative estimate of drug-likeness (QED) is 0.325. The number of ketones is 1. The molecule has 0 spiro atoms. The molecule has 1 N–H and O–H groups in total. The third-order valence-corrected chi connectivity index (χ3v) is 5.38. The summed E-state index contributed by atoms with van der Waals surface area (Å²) in [5.41, 5.74) is 1.54. The number of aliphatic hydroxyl groups is 1. The molecule has 4 rings (SSSR count). The number of carbonyl (C=O) groups excluding carboxylic acids is 2. The Morgan fingerprint density at radius 2 is 1.91 bits per heavy atom. The number of pyridine rings is 1. The SMILES string of the molecule is CCCOc1cccc(/C(O)=C2\C(=O)C(=O)N(Cc3cccnc3)C2c2ccc(F)cc2)c1. The summed E-state index contributed by atoms with van der Waals surface area (Å²) < 4.78 is 19.2. The third kappa shape index (κ3) is 4.62. The Hall–Kier alpha value is -4.00. The third-order valence-electron chi connectivity index (χ3n) is 5.38. The van der Waals surface area contributed by atoms with Gasteiger partial charge in [-0.3, -0.25) is 14.6 Å². The van der Waals surface area contributed by atoms with Crippen LogP contribution in [0.2, 0.25) is 0 Å². The molecule has 1 aliphatic heterocycles. The monoisotopic (exact) mass is 446 g/mol. The summed E-state index contributed by atoms with van der Waals surface area (Å²) in [5.74, 6) is -1.75. The van der Waals surface area contributed by atoms with E-state index in [4.69, 9.17) is 4.74 Å². The van der Waals surface area contributed by atoms with Crippen molar-refractivity contribution >= 4 is 17.4 Å². The molecular weight excluding hydrogens is 423 g/mol. The average Bonchev–Trinajstić information content (AvgIpc) is 3.08. The van der Waals surface area contributed by atoms with Crippen molar-refractivity contribution in [3.63, 3.8) is 0 Å². The van der Waals surface area contributed by atoms with Crippen molar-refractivity contribution in [2.24, 2.45) is 0 Å². The van der Waals surface area contributed by atoms with Crippen molar-refractivity contribution in [3.8, 4) is 5.75 Å². The van der Waals surface area contributed by atoms with Gasteiger partial charge in [0.2, 0.25) is 0 Å². The predicted octanol–water partition coefficient (Wildman–Crippen LogP) is 4.63. The second kappa shape index (κ2) is 9.65. The van der Waals surface area contributed by atoms with Gasteiger partial charge in [-0.05, 0) is 47.9 Å². The number of hydrogen-bond acceptors (Lipinski definition) is 5. The number of aromatic nitrogens is 1. The van der Waals surface area contributed by atoms with E-state index in [0.717, 1.165) is 12.0 Å². The van der Waals surface area contributed by atoms with E-state index in [1.807, 2.05) is 6.92 Å². The van der Waals surface area contributed by atoms with Crippen molar-refractivity contribution in [1.82, 2.24) is 9.88 Å². The van der Waals surface area contributed by atoms with E-state index in [1.54, 1.807) is 48.8 Å². The molecule has 2 aromatic carbocycles. The highest BCUT2D eigenvalue weighted by Crippen LogP contribution is 2.40. The fourth-order valence-electron chi connectivity index (χ4n) is 3.83. The Labute approximate surface area is 191 Å². The highest BCUT2D eigenvalue weighted by molar-refractivity contribution is 6.46. The number of carbonyl (C=O) groups is 2. The van der Waals surface area contributed by atoms with Gasteiger partial charge in [0, 0.05) is 24.5 Å². The second-order valence-electron chi connectivity index (χ2n) is 7.72. The van der Waals surface area contributed by atoms with Crippen molar-refractivity contribution in [2.75, 3.05) is 6.61 Å². The van der Waals surface area contributed by atoms with E-state index in [0.29, 0.717) is 23.5 Å². The van der Waals surface area contributed by atoms with E-state index < -0.39 is 23.5 Å². The molecule has 3 aromatic rings. The Kier molecular flexibility index (Phi) is 6.49. The maximum Gasteiger partial charge on any atom is 0.295 e. The van der Waals surface area contributed by atoms with Crippen LogP contribution in [0.15, 0.2) is 78.6 Å². The highest BCUT2D eigenvalue weighted by Gasteiger charge is 2.46. The minimum atomic E-state index is -0.883. The molecule has 0 aliphatic carbocycles. The summed E-state index contributed by atoms with van der Waals surface area (Å²) in [6.45, 7) is 2.60. The van der Waals surface area contributed by atoms with Crippen LogP contribution in [0.3, 0.4) is 0 Å². The van der Waals surface area contributed by atoms with Gasteiger partial charge >= 0.3 is 0 Å². The normalized spacial score (nSPS) is 17.4. The summed E-state index contributed by atoms with van der Waals surface area (Å²) in [6.07, 6.45) is 4.04. The summed E-state index contributed by atoms with van der Waals surface area (Å²) in [6, 6.07) is 14.9. The number of likely N-dealkylation sites (tertiary alicyclic amines) is 1. The molecule has 1 aliphatic rings. The standard InChI is InChI=1S/C26H23FN2O4/c1-2-13-33-21-7-3-6-19(14-21)24(30)22-23(18-8-10-20(27)11-9-18)29(26(32)25(22)31)16-17-5-4-12-28-15-17/h3-12,14-15,23,30H,2,13,16H2,1H3/b24-22+. The maximum atomic E-state index is 13.6. The molecule has 1 amide bonds. The Morgan fingerprint density at radius 3 is 2.61 bits per heavy atom. The number of hydrogen-bond donors (Lipinski definition) is 1. The molecule has 2 heterocycles. The molecular formula is C26H23FN2O4. The number of amides is 1. The van der Waals surface area contributed by atoms with Crippen LogP contribution in [0.4, 0.5) is 4.39 Å². The van der Waals surface area contributed by atoms with Crippen LogP contribution in [0.1, 0.15) is 36.1 Å². The molecule has 0 radical (unpaired) electrons. The number of ether oxygens (including phenoxy) is 1. The smallest absolute Gasteiger partial charge is 0.295 e. The molecule has 33 heavy (non-hydrogen) atoms. The van der Waals surface area contributed by atoms with Crippen molar-refractivity contribution in [1.29, 1.82) is 0 Å². The highest BCUT2D eigenvalue weighted by atomic mass is 19.1. The molecule has 7 heteroatoms. The zero-order chi connectivity index (χ0) is 23.4. The van der Waals surface area contributed by atoms with Gasteiger partial charge in [-0.25, -0.2) is 4.39 Å². The predicted molar refractivity (Wildman–Crippen MR) is 121 cm³/mol. The van der Waals surface area contributed by atoms with Gasteiger partial charge in [0.05, 0.1) is 18.2 Å². The molecule has 168 valence electrons. The summed E-state index contributed by atoms with van der Waals surface area (Å²) in [7, 11) is 0. The minimum Gasteiger partial charge on any atom is -0.507 e. The van der Waals surface area contributed by atoms with E-state index in [2.05, 4.69) is 4.98 Å². The lowest BCUT2D eigenvalue weighted by Gasteiger charge is -2.25. The lowest BCUT2D eigenvalue weighted by Crippen LogP contribution is -2.29. The number of nitrogens with zero attached hydrogens (tertiary/aromatic N) is 2. The largest absolute Gasteiger partial charge is 0.507 e. The van der Waals surface area contributed by atoms with Crippen LogP contribution in [-0.2, 0) is 16.1 Å². The second-order valence-corrected chi connectivity index (χ2v) is 7.72. The average molecular weight is 446 g/mol. The summed E-state index contributed by atoms with van der Waals surface area (Å²) in [5, 5.41) is 11.2. The topological polar surface area (TPSA) is 79.7 Å². The zero-order valence-electron chi connectivity index (χ0n) is 18.1. The number of rotatable bonds is 7. The summed E-state index contributed by atoms with van der Waals surface area (Å²) in [4.78, 5) is 31.6. The van der Waals surface area contributed by atoms with Gasteiger partial charge in [-0.1, -0.05) is 37.3 Å². The number of benzene rings is 2.